The molecule has 0 heterocycles. The number of halogens is 1. The zero-order valence-electron chi connectivity index (χ0n) is 11.2. The van der Waals surface area contributed by atoms with Gasteiger partial charge in [0.25, 0.3) is 5.69 Å². The van der Waals surface area contributed by atoms with Gasteiger partial charge in [0.1, 0.15) is 0 Å². The summed E-state index contributed by atoms with van der Waals surface area (Å²) in [5.74, 6) is 0. The summed E-state index contributed by atoms with van der Waals surface area (Å²) in [5.41, 5.74) is -0.161. The third-order valence-corrected chi connectivity index (χ3v) is 4.40. The van der Waals surface area contributed by atoms with Crippen LogP contribution in [0.1, 0.15) is 5.56 Å². The molecule has 0 saturated heterocycles. The maximum atomic E-state index is 12.0. The van der Waals surface area contributed by atoms with Crippen LogP contribution in [-0.4, -0.2) is 44.8 Å². The van der Waals surface area contributed by atoms with Crippen LogP contribution < -0.4 is 4.72 Å². The van der Waals surface area contributed by atoms with E-state index >= 15 is 0 Å². The van der Waals surface area contributed by atoms with Crippen molar-refractivity contribution in [1.82, 2.24) is 4.72 Å². The minimum atomic E-state index is -3.92. The zero-order chi connectivity index (χ0) is 16.0. The normalized spacial score (nSPS) is 11.6. The fraction of sp³-hybridized carbons (Fsp3) is 0.455. The fourth-order valence-electron chi connectivity index (χ4n) is 1.48. The van der Waals surface area contributed by atoms with Crippen molar-refractivity contribution in [3.63, 3.8) is 0 Å². The van der Waals surface area contributed by atoms with Crippen LogP contribution in [0.5, 0.6) is 0 Å². The van der Waals surface area contributed by atoms with Crippen LogP contribution in [0.15, 0.2) is 17.0 Å². The predicted octanol–water partition coefficient (Wildman–Crippen LogP) is 0.844. The topological polar surface area (TPSA) is 119 Å². The van der Waals surface area contributed by atoms with Crippen molar-refractivity contribution in [1.29, 1.82) is 0 Å². The van der Waals surface area contributed by atoms with Crippen molar-refractivity contribution in [2.75, 3.05) is 26.4 Å². The average Bonchev–Trinajstić information content (AvgIpc) is 2.40. The Morgan fingerprint density at radius 3 is 2.67 bits per heavy atom. The minimum absolute atomic E-state index is 0.00102. The number of hydrogen-bond donors (Lipinski definition) is 2. The first kappa shape index (κ1) is 17.8. The van der Waals surface area contributed by atoms with Crippen LogP contribution in [0.4, 0.5) is 5.69 Å². The smallest absolute Gasteiger partial charge is 0.275 e. The molecule has 21 heavy (non-hydrogen) atoms. The number of nitro groups is 1. The second-order valence-corrected chi connectivity index (χ2v) is 6.21. The molecule has 118 valence electrons. The lowest BCUT2D eigenvalue weighted by molar-refractivity contribution is -0.385. The molecular formula is C11H15ClN2O6S. The summed E-state index contributed by atoms with van der Waals surface area (Å²) in [4.78, 5) is 9.90. The monoisotopic (exact) mass is 338 g/mol. The number of aliphatic hydroxyl groups excluding tert-OH is 1. The third kappa shape index (κ3) is 4.90. The summed E-state index contributed by atoms with van der Waals surface area (Å²) >= 11 is 5.82. The second-order valence-electron chi connectivity index (χ2n) is 4.04. The van der Waals surface area contributed by atoms with Gasteiger partial charge in [-0.3, -0.25) is 10.1 Å². The molecule has 0 spiro atoms. The highest BCUT2D eigenvalue weighted by Gasteiger charge is 2.22. The summed E-state index contributed by atoms with van der Waals surface area (Å²) in [6.45, 7) is 1.42. The molecule has 1 aromatic carbocycles. The summed E-state index contributed by atoms with van der Waals surface area (Å²) in [7, 11) is -3.92. The Balaban J connectivity index is 2.91. The molecule has 0 aliphatic rings. The van der Waals surface area contributed by atoms with E-state index in [0.717, 1.165) is 12.1 Å². The summed E-state index contributed by atoms with van der Waals surface area (Å²) in [5, 5.41) is 19.4. The van der Waals surface area contributed by atoms with E-state index < -0.39 is 14.9 Å². The molecule has 1 aromatic rings. The highest BCUT2D eigenvalue weighted by atomic mass is 35.5. The van der Waals surface area contributed by atoms with Gasteiger partial charge in [0, 0.05) is 18.2 Å². The van der Waals surface area contributed by atoms with Crippen molar-refractivity contribution < 1.29 is 23.2 Å². The van der Waals surface area contributed by atoms with Gasteiger partial charge in [0.05, 0.1) is 34.7 Å². The predicted molar refractivity (Wildman–Crippen MR) is 75.9 cm³/mol. The van der Waals surface area contributed by atoms with Crippen molar-refractivity contribution in [3.8, 4) is 0 Å². The highest BCUT2D eigenvalue weighted by Crippen LogP contribution is 2.29. The lowest BCUT2D eigenvalue weighted by Gasteiger charge is -2.09. The van der Waals surface area contributed by atoms with Gasteiger partial charge >= 0.3 is 0 Å². The largest absolute Gasteiger partial charge is 0.394 e. The summed E-state index contributed by atoms with van der Waals surface area (Å²) < 4.78 is 31.2. The molecule has 0 amide bonds. The summed E-state index contributed by atoms with van der Waals surface area (Å²) in [6, 6.07) is 2.11. The fourth-order valence-corrected chi connectivity index (χ4v) is 2.82. The Morgan fingerprint density at radius 1 is 1.43 bits per heavy atom. The van der Waals surface area contributed by atoms with E-state index in [-0.39, 0.29) is 47.5 Å². The molecule has 0 fully saturated rings. The van der Waals surface area contributed by atoms with E-state index in [2.05, 4.69) is 4.72 Å². The molecule has 10 heteroatoms. The molecule has 0 bridgehead atoms. The third-order valence-electron chi connectivity index (χ3n) is 2.57. The zero-order valence-corrected chi connectivity index (χ0v) is 12.8. The van der Waals surface area contributed by atoms with Crippen molar-refractivity contribution in [2.45, 2.75) is 11.8 Å². The molecule has 0 aliphatic carbocycles. The number of rotatable bonds is 8. The van der Waals surface area contributed by atoms with Crippen LogP contribution in [0, 0.1) is 17.0 Å². The SMILES string of the molecule is Cc1c(Cl)cc(S(=O)(=O)NCCOCCO)cc1[N+](=O)[O-]. The van der Waals surface area contributed by atoms with E-state index in [1.54, 1.807) is 0 Å². The molecule has 1 rings (SSSR count). The van der Waals surface area contributed by atoms with Gasteiger partial charge in [0.15, 0.2) is 0 Å². The lowest BCUT2D eigenvalue weighted by atomic mass is 10.2. The molecule has 0 aromatic heterocycles. The van der Waals surface area contributed by atoms with Crippen LogP contribution in [0.3, 0.4) is 0 Å². The van der Waals surface area contributed by atoms with Crippen molar-refractivity contribution in [2.24, 2.45) is 0 Å². The first-order chi connectivity index (χ1) is 9.79. The Morgan fingerprint density at radius 2 is 2.10 bits per heavy atom. The number of aliphatic hydroxyl groups is 1. The highest BCUT2D eigenvalue weighted by molar-refractivity contribution is 7.89. The number of nitrogens with one attached hydrogen (secondary N) is 1. The van der Waals surface area contributed by atoms with Crippen molar-refractivity contribution >= 4 is 27.3 Å². The lowest BCUT2D eigenvalue weighted by Crippen LogP contribution is -2.28. The Kier molecular flexibility index (Phi) is 6.49. The van der Waals surface area contributed by atoms with Gasteiger partial charge in [-0.2, -0.15) is 0 Å². The van der Waals surface area contributed by atoms with Crippen LogP contribution in [0.2, 0.25) is 5.02 Å². The first-order valence-electron chi connectivity index (χ1n) is 5.92. The number of nitrogens with zero attached hydrogens (tertiary/aromatic N) is 1. The van der Waals surface area contributed by atoms with Gasteiger partial charge in [-0.25, -0.2) is 13.1 Å². The molecule has 0 saturated carbocycles. The van der Waals surface area contributed by atoms with E-state index in [1.165, 1.54) is 6.92 Å². The number of benzene rings is 1. The number of hydrogen-bond acceptors (Lipinski definition) is 6. The first-order valence-corrected chi connectivity index (χ1v) is 7.78. The standard InChI is InChI=1S/C11H15ClN2O6S/c1-8-10(12)6-9(7-11(8)14(16)17)21(18,19)13-2-4-20-5-3-15/h6-7,13,15H,2-5H2,1H3. The maximum Gasteiger partial charge on any atom is 0.275 e. The van der Waals surface area contributed by atoms with Gasteiger partial charge < -0.3 is 9.84 Å². The maximum absolute atomic E-state index is 12.0. The average molecular weight is 339 g/mol. The quantitative estimate of drug-likeness (QED) is 0.412. The molecule has 0 unspecified atom stereocenters. The molecule has 8 nitrogen and oxygen atoms in total. The Labute approximate surface area is 126 Å². The number of ether oxygens (including phenoxy) is 1. The van der Waals surface area contributed by atoms with E-state index in [9.17, 15) is 18.5 Å². The Bertz CT molecular complexity index is 619. The van der Waals surface area contributed by atoms with E-state index in [0.29, 0.717) is 0 Å². The molecule has 0 aliphatic heterocycles. The van der Waals surface area contributed by atoms with E-state index in [4.69, 9.17) is 21.4 Å². The van der Waals surface area contributed by atoms with Crippen LogP contribution >= 0.6 is 11.6 Å². The molecule has 0 atom stereocenters. The van der Waals surface area contributed by atoms with Gasteiger partial charge in [-0.1, -0.05) is 11.6 Å². The molecule has 0 radical (unpaired) electrons. The number of sulfonamides is 1. The molecule has 2 N–H and O–H groups in total. The van der Waals surface area contributed by atoms with Crippen LogP contribution in [0.25, 0.3) is 0 Å². The van der Waals surface area contributed by atoms with E-state index in [1.807, 2.05) is 0 Å². The van der Waals surface area contributed by atoms with Crippen molar-refractivity contribution in [3.05, 3.63) is 32.8 Å². The minimum Gasteiger partial charge on any atom is -0.394 e. The number of nitro benzene ring substituents is 1. The van der Waals surface area contributed by atoms with Gasteiger partial charge in [-0.15, -0.1) is 0 Å². The van der Waals surface area contributed by atoms with Crippen LogP contribution in [-0.2, 0) is 14.8 Å². The summed E-state index contributed by atoms with van der Waals surface area (Å²) in [6.07, 6.45) is 0. The molecular weight excluding hydrogens is 324 g/mol. The van der Waals surface area contributed by atoms with Gasteiger partial charge in [-0.05, 0) is 13.0 Å². The Hall–Kier alpha value is -1.26. The van der Waals surface area contributed by atoms with Gasteiger partial charge in [0.2, 0.25) is 10.0 Å². The second kappa shape index (κ2) is 7.66.